The SMILES string of the molecule is O=C(Nc1ccc(F)cc1)c1ccsc1NS(=O)(=O)c1ccc2ccccc2c1. The summed E-state index contributed by atoms with van der Waals surface area (Å²) in [6.45, 7) is 0. The Morgan fingerprint density at radius 1 is 0.897 bits per heavy atom. The van der Waals surface area contributed by atoms with Crippen LogP contribution in [-0.2, 0) is 10.0 Å². The zero-order chi connectivity index (χ0) is 20.4. The molecule has 146 valence electrons. The van der Waals surface area contributed by atoms with Crippen molar-refractivity contribution in [1.29, 1.82) is 0 Å². The minimum Gasteiger partial charge on any atom is -0.322 e. The van der Waals surface area contributed by atoms with Crippen molar-refractivity contribution in [2.24, 2.45) is 0 Å². The first-order chi connectivity index (χ1) is 13.9. The molecule has 1 amide bonds. The zero-order valence-corrected chi connectivity index (χ0v) is 16.6. The van der Waals surface area contributed by atoms with Gasteiger partial charge in [-0.15, -0.1) is 11.3 Å². The van der Waals surface area contributed by atoms with E-state index in [1.54, 1.807) is 17.5 Å². The molecule has 0 bridgehead atoms. The first-order valence-electron chi connectivity index (χ1n) is 8.58. The molecule has 3 aromatic carbocycles. The third-order valence-corrected chi connectivity index (χ3v) is 6.58. The molecule has 0 aliphatic carbocycles. The van der Waals surface area contributed by atoms with Crippen molar-refractivity contribution in [2.45, 2.75) is 4.90 Å². The Kier molecular flexibility index (Phi) is 5.04. The fourth-order valence-electron chi connectivity index (χ4n) is 2.81. The molecule has 4 aromatic rings. The molecule has 0 atom stereocenters. The highest BCUT2D eigenvalue weighted by atomic mass is 32.2. The minimum absolute atomic E-state index is 0.106. The van der Waals surface area contributed by atoms with Crippen LogP contribution in [0.3, 0.4) is 0 Å². The summed E-state index contributed by atoms with van der Waals surface area (Å²) in [5.41, 5.74) is 0.592. The van der Waals surface area contributed by atoms with Gasteiger partial charge in [-0.05, 0) is 58.6 Å². The summed E-state index contributed by atoms with van der Waals surface area (Å²) >= 11 is 1.10. The van der Waals surface area contributed by atoms with Crippen LogP contribution in [0.15, 0.2) is 83.1 Å². The summed E-state index contributed by atoms with van der Waals surface area (Å²) in [7, 11) is -3.88. The summed E-state index contributed by atoms with van der Waals surface area (Å²) in [6, 6.07) is 19.1. The predicted octanol–water partition coefficient (Wildman–Crippen LogP) is 5.09. The highest BCUT2D eigenvalue weighted by molar-refractivity contribution is 7.93. The maximum absolute atomic E-state index is 13.0. The molecule has 0 saturated heterocycles. The highest BCUT2D eigenvalue weighted by Gasteiger charge is 2.20. The van der Waals surface area contributed by atoms with Crippen LogP contribution in [0.4, 0.5) is 15.1 Å². The van der Waals surface area contributed by atoms with E-state index in [9.17, 15) is 17.6 Å². The van der Waals surface area contributed by atoms with Gasteiger partial charge in [-0.2, -0.15) is 0 Å². The minimum atomic E-state index is -3.88. The van der Waals surface area contributed by atoms with Gasteiger partial charge in [0.15, 0.2) is 0 Å². The van der Waals surface area contributed by atoms with Gasteiger partial charge in [-0.3, -0.25) is 9.52 Å². The van der Waals surface area contributed by atoms with Crippen molar-refractivity contribution in [3.8, 4) is 0 Å². The van der Waals surface area contributed by atoms with Gasteiger partial charge in [-0.1, -0.05) is 30.3 Å². The fraction of sp³-hybridized carbons (Fsp3) is 0. The van der Waals surface area contributed by atoms with E-state index < -0.39 is 21.7 Å². The van der Waals surface area contributed by atoms with Crippen LogP contribution in [0.5, 0.6) is 0 Å². The Morgan fingerprint density at radius 3 is 2.38 bits per heavy atom. The standard InChI is InChI=1S/C21H15FN2O3S2/c22-16-6-8-17(9-7-16)23-20(25)19-11-12-28-21(19)24-29(26,27)18-10-5-14-3-1-2-4-15(14)13-18/h1-13,24H,(H,23,25). The van der Waals surface area contributed by atoms with Crippen molar-refractivity contribution < 1.29 is 17.6 Å². The largest absolute Gasteiger partial charge is 0.322 e. The topological polar surface area (TPSA) is 75.3 Å². The number of anilines is 2. The number of amides is 1. The number of carbonyl (C=O) groups is 1. The molecule has 1 aromatic heterocycles. The van der Waals surface area contributed by atoms with E-state index in [1.165, 1.54) is 36.4 Å². The maximum atomic E-state index is 13.0. The molecule has 0 saturated carbocycles. The van der Waals surface area contributed by atoms with Crippen molar-refractivity contribution in [2.75, 3.05) is 10.0 Å². The number of hydrogen-bond donors (Lipinski definition) is 2. The van der Waals surface area contributed by atoms with E-state index in [0.29, 0.717) is 5.69 Å². The van der Waals surface area contributed by atoms with E-state index in [4.69, 9.17) is 0 Å². The summed E-state index contributed by atoms with van der Waals surface area (Å²) < 4.78 is 41.2. The summed E-state index contributed by atoms with van der Waals surface area (Å²) in [4.78, 5) is 12.7. The van der Waals surface area contributed by atoms with Crippen LogP contribution in [0.1, 0.15) is 10.4 Å². The van der Waals surface area contributed by atoms with E-state index in [2.05, 4.69) is 10.0 Å². The van der Waals surface area contributed by atoms with Crippen LogP contribution < -0.4 is 10.0 Å². The Morgan fingerprint density at radius 2 is 1.62 bits per heavy atom. The van der Waals surface area contributed by atoms with Crippen LogP contribution in [0, 0.1) is 5.82 Å². The molecule has 2 N–H and O–H groups in total. The molecule has 5 nitrogen and oxygen atoms in total. The molecule has 1 heterocycles. The molecule has 4 rings (SSSR count). The molecule has 0 spiro atoms. The van der Waals surface area contributed by atoms with E-state index in [-0.39, 0.29) is 15.5 Å². The summed E-state index contributed by atoms with van der Waals surface area (Å²) in [5, 5.41) is 6.19. The first-order valence-corrected chi connectivity index (χ1v) is 10.9. The van der Waals surface area contributed by atoms with Crippen LogP contribution in [-0.4, -0.2) is 14.3 Å². The van der Waals surface area contributed by atoms with Gasteiger partial charge in [-0.25, -0.2) is 12.8 Å². The number of thiophene rings is 1. The lowest BCUT2D eigenvalue weighted by Crippen LogP contribution is -2.17. The number of rotatable bonds is 5. The number of carbonyl (C=O) groups excluding carboxylic acids is 1. The zero-order valence-electron chi connectivity index (χ0n) is 14.9. The second-order valence-corrected chi connectivity index (χ2v) is 8.84. The van der Waals surface area contributed by atoms with E-state index in [0.717, 1.165) is 22.1 Å². The maximum Gasteiger partial charge on any atom is 0.262 e. The first kappa shape index (κ1) is 19.1. The fourth-order valence-corrected chi connectivity index (χ4v) is 4.96. The third kappa shape index (κ3) is 4.13. The van der Waals surface area contributed by atoms with E-state index in [1.807, 2.05) is 24.3 Å². The van der Waals surface area contributed by atoms with Crippen LogP contribution in [0.25, 0.3) is 10.8 Å². The van der Waals surface area contributed by atoms with E-state index >= 15 is 0 Å². The second-order valence-electron chi connectivity index (χ2n) is 6.24. The summed E-state index contributed by atoms with van der Waals surface area (Å²) in [5.74, 6) is -0.906. The molecule has 8 heteroatoms. The lowest BCUT2D eigenvalue weighted by molar-refractivity contribution is 0.102. The average Bonchev–Trinajstić information content (AvgIpc) is 3.17. The molecule has 0 aliphatic heterocycles. The molecule has 0 radical (unpaired) electrons. The molecule has 0 fully saturated rings. The van der Waals surface area contributed by atoms with Crippen molar-refractivity contribution in [3.63, 3.8) is 0 Å². The molecule has 0 aliphatic rings. The molecule has 29 heavy (non-hydrogen) atoms. The van der Waals surface area contributed by atoms with Gasteiger partial charge in [0, 0.05) is 5.69 Å². The highest BCUT2D eigenvalue weighted by Crippen LogP contribution is 2.28. The predicted molar refractivity (Wildman–Crippen MR) is 113 cm³/mol. The Hall–Kier alpha value is -3.23. The lowest BCUT2D eigenvalue weighted by Gasteiger charge is -2.10. The van der Waals surface area contributed by atoms with Gasteiger partial charge in [0.05, 0.1) is 10.5 Å². The molecular formula is C21H15FN2O3S2. The second kappa shape index (κ2) is 7.65. The Bertz CT molecular complexity index is 1300. The summed E-state index contributed by atoms with van der Waals surface area (Å²) in [6.07, 6.45) is 0. The monoisotopic (exact) mass is 426 g/mol. The lowest BCUT2D eigenvalue weighted by atomic mass is 10.1. The number of sulfonamides is 1. The Labute approximate surface area is 170 Å². The van der Waals surface area contributed by atoms with Crippen LogP contribution >= 0.6 is 11.3 Å². The van der Waals surface area contributed by atoms with Gasteiger partial charge in [0.25, 0.3) is 15.9 Å². The third-order valence-electron chi connectivity index (χ3n) is 4.27. The number of fused-ring (bicyclic) bond motifs is 1. The Balaban J connectivity index is 1.58. The van der Waals surface area contributed by atoms with Crippen LogP contribution in [0.2, 0.25) is 0 Å². The van der Waals surface area contributed by atoms with Crippen molar-refractivity contribution in [1.82, 2.24) is 0 Å². The average molecular weight is 426 g/mol. The number of halogens is 1. The number of nitrogens with one attached hydrogen (secondary N) is 2. The normalized spacial score (nSPS) is 11.3. The van der Waals surface area contributed by atoms with Crippen molar-refractivity contribution in [3.05, 3.63) is 89.6 Å². The van der Waals surface area contributed by atoms with Crippen molar-refractivity contribution >= 4 is 48.7 Å². The quantitative estimate of drug-likeness (QED) is 0.467. The smallest absolute Gasteiger partial charge is 0.262 e. The number of hydrogen-bond acceptors (Lipinski definition) is 4. The molecule has 0 unspecified atom stereocenters. The number of benzene rings is 3. The van der Waals surface area contributed by atoms with Gasteiger partial charge in [0.2, 0.25) is 0 Å². The van der Waals surface area contributed by atoms with Gasteiger partial charge < -0.3 is 5.32 Å². The van der Waals surface area contributed by atoms with Gasteiger partial charge >= 0.3 is 0 Å². The molecular weight excluding hydrogens is 411 g/mol. The van der Waals surface area contributed by atoms with Gasteiger partial charge in [0.1, 0.15) is 10.8 Å².